The number of sulfonamides is 1. The van der Waals surface area contributed by atoms with Crippen LogP contribution in [0.5, 0.6) is 5.75 Å². The standard InChI is InChI=1S/C19H17ClN6O5S/c1-31-14-5-3-2-4-13(14)26-32(29,30)15-10-11(6-7-12(15)20)18(27)24-25-19(28)16-17(21)23-9-8-22-16/h2-10,26H,1H3,(H2,21,23)(H,24,27)(H,25,28). The predicted octanol–water partition coefficient (Wildman–Crippen LogP) is 1.60. The van der Waals surface area contributed by atoms with Crippen LogP contribution in [-0.4, -0.2) is 37.3 Å². The highest BCUT2D eigenvalue weighted by Gasteiger charge is 2.22. The number of benzene rings is 2. The van der Waals surface area contributed by atoms with Crippen LogP contribution in [0.2, 0.25) is 5.02 Å². The number of ether oxygens (including phenoxy) is 1. The number of hydrazine groups is 1. The minimum atomic E-state index is -4.18. The van der Waals surface area contributed by atoms with Crippen molar-refractivity contribution in [3.05, 3.63) is 71.1 Å². The van der Waals surface area contributed by atoms with Crippen molar-refractivity contribution in [1.82, 2.24) is 20.8 Å². The van der Waals surface area contributed by atoms with Gasteiger partial charge in [-0.2, -0.15) is 0 Å². The van der Waals surface area contributed by atoms with Gasteiger partial charge in [-0.25, -0.2) is 18.4 Å². The van der Waals surface area contributed by atoms with E-state index in [2.05, 4.69) is 25.5 Å². The summed E-state index contributed by atoms with van der Waals surface area (Å²) in [6.45, 7) is 0. The number of nitrogens with two attached hydrogens (primary N) is 1. The molecule has 2 amide bonds. The average Bonchev–Trinajstić information content (AvgIpc) is 2.77. The summed E-state index contributed by atoms with van der Waals surface area (Å²) >= 11 is 6.07. The second-order valence-corrected chi connectivity index (χ2v) is 8.21. The van der Waals surface area contributed by atoms with Gasteiger partial charge < -0.3 is 10.5 Å². The van der Waals surface area contributed by atoms with E-state index in [9.17, 15) is 18.0 Å². The highest BCUT2D eigenvalue weighted by molar-refractivity contribution is 7.92. The maximum atomic E-state index is 12.9. The monoisotopic (exact) mass is 476 g/mol. The van der Waals surface area contributed by atoms with Crippen molar-refractivity contribution in [2.75, 3.05) is 17.6 Å². The van der Waals surface area contributed by atoms with Crippen LogP contribution in [0.4, 0.5) is 11.5 Å². The maximum absolute atomic E-state index is 12.9. The third-order valence-corrected chi connectivity index (χ3v) is 5.91. The van der Waals surface area contributed by atoms with E-state index in [1.807, 2.05) is 0 Å². The summed E-state index contributed by atoms with van der Waals surface area (Å²) in [5.74, 6) is -1.43. The molecular weight excluding hydrogens is 460 g/mol. The lowest BCUT2D eigenvalue weighted by molar-refractivity contribution is 0.0844. The number of anilines is 2. The van der Waals surface area contributed by atoms with Gasteiger partial charge in [0.15, 0.2) is 11.5 Å². The number of methoxy groups -OCH3 is 1. The van der Waals surface area contributed by atoms with Crippen LogP contribution in [0, 0.1) is 0 Å². The number of nitrogens with one attached hydrogen (secondary N) is 3. The lowest BCUT2D eigenvalue weighted by atomic mass is 10.2. The van der Waals surface area contributed by atoms with E-state index in [1.165, 1.54) is 37.7 Å². The summed E-state index contributed by atoms with van der Waals surface area (Å²) in [5, 5.41) is -0.111. The number of carbonyl (C=O) groups excluding carboxylic acids is 2. The summed E-state index contributed by atoms with van der Waals surface area (Å²) in [6, 6.07) is 10.00. The second kappa shape index (κ2) is 9.49. The van der Waals surface area contributed by atoms with Crippen LogP contribution < -0.4 is 26.0 Å². The van der Waals surface area contributed by atoms with E-state index < -0.39 is 21.8 Å². The molecule has 2 aromatic carbocycles. The zero-order valence-corrected chi connectivity index (χ0v) is 18.1. The van der Waals surface area contributed by atoms with Crippen LogP contribution in [0.1, 0.15) is 20.8 Å². The van der Waals surface area contributed by atoms with Gasteiger partial charge >= 0.3 is 0 Å². The van der Waals surface area contributed by atoms with E-state index in [1.54, 1.807) is 18.2 Å². The zero-order chi connectivity index (χ0) is 23.3. The summed E-state index contributed by atoms with van der Waals surface area (Å²) < 4.78 is 33.3. The van der Waals surface area contributed by atoms with Gasteiger partial charge in [-0.05, 0) is 30.3 Å². The van der Waals surface area contributed by atoms with Crippen LogP contribution in [-0.2, 0) is 10.0 Å². The number of amides is 2. The van der Waals surface area contributed by atoms with Crippen molar-refractivity contribution in [1.29, 1.82) is 0 Å². The van der Waals surface area contributed by atoms with Crippen LogP contribution in [0.25, 0.3) is 0 Å². The Morgan fingerprint density at radius 3 is 2.44 bits per heavy atom. The van der Waals surface area contributed by atoms with Gasteiger partial charge in [0.25, 0.3) is 21.8 Å². The predicted molar refractivity (Wildman–Crippen MR) is 117 cm³/mol. The molecule has 1 aromatic heterocycles. The highest BCUT2D eigenvalue weighted by Crippen LogP contribution is 2.29. The molecular formula is C19H17ClN6O5S. The molecule has 0 radical (unpaired) electrons. The first-order chi connectivity index (χ1) is 15.2. The Labute approximate surface area is 188 Å². The third-order valence-electron chi connectivity index (χ3n) is 4.07. The van der Waals surface area contributed by atoms with Crippen LogP contribution >= 0.6 is 11.6 Å². The molecule has 0 unspecified atom stereocenters. The molecule has 0 aliphatic heterocycles. The second-order valence-electron chi connectivity index (χ2n) is 6.15. The minimum absolute atomic E-state index is 0.0813. The first-order valence-electron chi connectivity index (χ1n) is 8.85. The van der Waals surface area contributed by atoms with Gasteiger partial charge in [-0.3, -0.25) is 25.2 Å². The molecule has 5 N–H and O–H groups in total. The molecule has 32 heavy (non-hydrogen) atoms. The molecule has 11 nitrogen and oxygen atoms in total. The molecule has 0 saturated heterocycles. The highest BCUT2D eigenvalue weighted by atomic mass is 35.5. The van der Waals surface area contributed by atoms with Crippen molar-refractivity contribution in [3.8, 4) is 5.75 Å². The number of hydrogen-bond acceptors (Lipinski definition) is 8. The quantitative estimate of drug-likeness (QED) is 0.389. The number of carbonyl (C=O) groups is 2. The van der Waals surface area contributed by atoms with Gasteiger partial charge in [0.1, 0.15) is 10.6 Å². The number of rotatable bonds is 6. The van der Waals surface area contributed by atoms with Gasteiger partial charge in [0.2, 0.25) is 0 Å². The fourth-order valence-corrected chi connectivity index (χ4v) is 4.15. The molecule has 0 aliphatic rings. The number of aromatic nitrogens is 2. The van der Waals surface area contributed by atoms with E-state index in [4.69, 9.17) is 22.1 Å². The maximum Gasteiger partial charge on any atom is 0.292 e. The van der Waals surface area contributed by atoms with E-state index in [-0.39, 0.29) is 32.7 Å². The Kier molecular flexibility index (Phi) is 6.76. The Morgan fingerprint density at radius 2 is 1.72 bits per heavy atom. The molecule has 166 valence electrons. The largest absolute Gasteiger partial charge is 0.495 e. The molecule has 1 heterocycles. The van der Waals surface area contributed by atoms with E-state index in [0.29, 0.717) is 5.75 Å². The Balaban J connectivity index is 1.79. The average molecular weight is 477 g/mol. The Morgan fingerprint density at radius 1 is 1.03 bits per heavy atom. The molecule has 13 heteroatoms. The topological polar surface area (TPSA) is 165 Å². The first-order valence-corrected chi connectivity index (χ1v) is 10.7. The van der Waals surface area contributed by atoms with Crippen molar-refractivity contribution < 1.29 is 22.7 Å². The van der Waals surface area contributed by atoms with Gasteiger partial charge in [-0.15, -0.1) is 0 Å². The SMILES string of the molecule is COc1ccccc1NS(=O)(=O)c1cc(C(=O)NNC(=O)c2nccnc2N)ccc1Cl. The summed E-state index contributed by atoms with van der Waals surface area (Å²) in [7, 11) is -2.78. The minimum Gasteiger partial charge on any atom is -0.495 e. The third kappa shape index (κ3) is 5.04. The molecule has 3 rings (SSSR count). The zero-order valence-electron chi connectivity index (χ0n) is 16.5. The Hall–Kier alpha value is -3.90. The van der Waals surface area contributed by atoms with Gasteiger partial charge in [0.05, 0.1) is 17.8 Å². The normalized spacial score (nSPS) is 10.8. The number of para-hydroxylation sites is 2. The van der Waals surface area contributed by atoms with Gasteiger partial charge in [0, 0.05) is 18.0 Å². The first kappa shape index (κ1) is 22.8. The van der Waals surface area contributed by atoms with Gasteiger partial charge in [-0.1, -0.05) is 23.7 Å². The Bertz CT molecular complexity index is 1280. The number of hydrogen-bond donors (Lipinski definition) is 4. The van der Waals surface area contributed by atoms with E-state index >= 15 is 0 Å². The smallest absolute Gasteiger partial charge is 0.292 e. The fourth-order valence-electron chi connectivity index (χ4n) is 2.55. The number of nitrogen functional groups attached to an aromatic ring is 1. The van der Waals surface area contributed by atoms with Crippen molar-refractivity contribution in [2.45, 2.75) is 4.90 Å². The lowest BCUT2D eigenvalue weighted by Gasteiger charge is -2.13. The van der Waals surface area contributed by atoms with Crippen molar-refractivity contribution in [3.63, 3.8) is 0 Å². The summed E-state index contributed by atoms with van der Waals surface area (Å²) in [4.78, 5) is 31.7. The summed E-state index contributed by atoms with van der Waals surface area (Å²) in [6.07, 6.45) is 2.57. The lowest BCUT2D eigenvalue weighted by Crippen LogP contribution is -2.42. The van der Waals surface area contributed by atoms with Crippen molar-refractivity contribution in [2.24, 2.45) is 0 Å². The summed E-state index contributed by atoms with van der Waals surface area (Å²) in [5.41, 5.74) is 9.76. The molecule has 3 aromatic rings. The molecule has 0 spiro atoms. The number of halogens is 1. The molecule has 0 aliphatic carbocycles. The fraction of sp³-hybridized carbons (Fsp3) is 0.0526. The molecule has 0 saturated carbocycles. The molecule has 0 fully saturated rings. The van der Waals surface area contributed by atoms with Crippen molar-refractivity contribution >= 4 is 44.9 Å². The van der Waals surface area contributed by atoms with E-state index in [0.717, 1.165) is 6.07 Å². The molecule has 0 bridgehead atoms. The van der Waals surface area contributed by atoms with Crippen LogP contribution in [0.15, 0.2) is 59.8 Å². The van der Waals surface area contributed by atoms with Crippen LogP contribution in [0.3, 0.4) is 0 Å². The molecule has 0 atom stereocenters. The number of nitrogens with zero attached hydrogens (tertiary/aromatic N) is 2.